The Hall–Kier alpha value is -4.06. The van der Waals surface area contributed by atoms with Crippen LogP contribution >= 0.6 is 46.1 Å². The minimum absolute atomic E-state index is 0.171. The standard InChI is InChI=1S/C29H16Cl3N3O3S/c30-17-6-4-7-18(14-17)34-27(36)22(16-33)29-35(19-8-2-1-3-9-19)28(37)25(39-29)15-20-12-13-24(38-20)21-10-5-11-23(31)26(21)32/h1-15H,(H,34,36)/b25-15-,29-22-. The number of para-hydroxylation sites is 1. The molecule has 39 heavy (non-hydrogen) atoms. The molecule has 5 rings (SSSR count). The average molecular weight is 593 g/mol. The second kappa shape index (κ2) is 11.4. The third-order valence-electron chi connectivity index (χ3n) is 5.59. The molecule has 6 nitrogen and oxygen atoms in total. The highest BCUT2D eigenvalue weighted by molar-refractivity contribution is 7.07. The molecule has 0 unspecified atom stereocenters. The van der Waals surface area contributed by atoms with Crippen LogP contribution in [0, 0.1) is 11.3 Å². The van der Waals surface area contributed by atoms with E-state index >= 15 is 0 Å². The first-order chi connectivity index (χ1) is 18.9. The Bertz CT molecular complexity index is 1940. The normalized spacial score (nSPS) is 12.2. The lowest BCUT2D eigenvalue weighted by molar-refractivity contribution is -0.111. The number of carbonyl (C=O) groups is 1. The van der Waals surface area contributed by atoms with E-state index in [0.717, 1.165) is 11.3 Å². The fourth-order valence-electron chi connectivity index (χ4n) is 3.82. The van der Waals surface area contributed by atoms with Gasteiger partial charge in [0.25, 0.3) is 11.5 Å². The molecule has 0 bridgehead atoms. The Balaban J connectivity index is 1.66. The van der Waals surface area contributed by atoms with Crippen molar-refractivity contribution in [2.45, 2.75) is 0 Å². The summed E-state index contributed by atoms with van der Waals surface area (Å²) in [6, 6.07) is 25.9. The van der Waals surface area contributed by atoms with Gasteiger partial charge in [-0.15, -0.1) is 11.3 Å². The molecule has 0 radical (unpaired) electrons. The molecule has 0 fully saturated rings. The van der Waals surface area contributed by atoms with Gasteiger partial charge in [-0.1, -0.05) is 65.1 Å². The van der Waals surface area contributed by atoms with Crippen LogP contribution in [0.5, 0.6) is 0 Å². The highest BCUT2D eigenvalue weighted by atomic mass is 35.5. The number of benzene rings is 3. The van der Waals surface area contributed by atoms with Crippen LogP contribution in [0.1, 0.15) is 5.76 Å². The lowest BCUT2D eigenvalue weighted by Crippen LogP contribution is -2.32. The fourth-order valence-corrected chi connectivity index (χ4v) is 5.48. The number of hydrogen-bond donors (Lipinski definition) is 1. The summed E-state index contributed by atoms with van der Waals surface area (Å²) in [5.41, 5.74) is 0.882. The number of rotatable bonds is 5. The summed E-state index contributed by atoms with van der Waals surface area (Å²) in [7, 11) is 0. The summed E-state index contributed by atoms with van der Waals surface area (Å²) in [6.45, 7) is 0. The van der Waals surface area contributed by atoms with Gasteiger partial charge in [0.2, 0.25) is 0 Å². The molecule has 0 atom stereocenters. The molecular weight excluding hydrogens is 577 g/mol. The highest BCUT2D eigenvalue weighted by Gasteiger charge is 2.18. The molecule has 2 heterocycles. The SMILES string of the molecule is N#C/C(C(=O)Nc1cccc(Cl)c1)=c1/s/c(=C\c2ccc(-c3cccc(Cl)c3Cl)o2)c(=O)n1-c1ccccc1. The first kappa shape index (κ1) is 26.5. The molecule has 0 saturated carbocycles. The van der Waals surface area contributed by atoms with Crippen molar-refractivity contribution in [3.8, 4) is 23.1 Å². The van der Waals surface area contributed by atoms with Gasteiger partial charge in [0, 0.05) is 22.3 Å². The summed E-state index contributed by atoms with van der Waals surface area (Å²) >= 11 is 19.5. The van der Waals surface area contributed by atoms with Crippen LogP contribution in [-0.2, 0) is 4.79 Å². The van der Waals surface area contributed by atoms with Gasteiger partial charge >= 0.3 is 0 Å². The van der Waals surface area contributed by atoms with Gasteiger partial charge in [0.05, 0.1) is 20.3 Å². The fraction of sp³-hybridized carbons (Fsp3) is 0. The molecule has 0 spiro atoms. The van der Waals surface area contributed by atoms with Crippen LogP contribution < -0.4 is 20.1 Å². The van der Waals surface area contributed by atoms with Crippen molar-refractivity contribution in [3.05, 3.63) is 125 Å². The van der Waals surface area contributed by atoms with E-state index in [0.29, 0.717) is 43.5 Å². The molecule has 5 aromatic rings. The number of halogens is 3. The van der Waals surface area contributed by atoms with E-state index in [1.807, 2.05) is 6.07 Å². The molecule has 0 saturated heterocycles. The summed E-state index contributed by atoms with van der Waals surface area (Å²) in [5, 5.41) is 13.8. The monoisotopic (exact) mass is 591 g/mol. The quantitative estimate of drug-likeness (QED) is 0.261. The number of nitrogens with one attached hydrogen (secondary N) is 1. The number of hydrogen-bond acceptors (Lipinski definition) is 5. The smallest absolute Gasteiger partial charge is 0.273 e. The summed E-state index contributed by atoms with van der Waals surface area (Å²) in [4.78, 5) is 26.8. The van der Waals surface area contributed by atoms with Crippen LogP contribution in [0.3, 0.4) is 0 Å². The van der Waals surface area contributed by atoms with Crippen LogP contribution in [-0.4, -0.2) is 10.5 Å². The zero-order valence-corrected chi connectivity index (χ0v) is 22.9. The summed E-state index contributed by atoms with van der Waals surface area (Å²) in [5.74, 6) is 0.181. The molecule has 10 heteroatoms. The Morgan fingerprint density at radius 2 is 1.74 bits per heavy atom. The summed E-state index contributed by atoms with van der Waals surface area (Å²) in [6.07, 6.45) is 1.56. The first-order valence-corrected chi connectivity index (χ1v) is 13.4. The van der Waals surface area contributed by atoms with Crippen molar-refractivity contribution in [2.75, 3.05) is 5.32 Å². The second-order valence-corrected chi connectivity index (χ2v) is 10.4. The molecule has 0 aliphatic heterocycles. The number of thiazole rings is 1. The first-order valence-electron chi connectivity index (χ1n) is 11.4. The van der Waals surface area contributed by atoms with E-state index in [9.17, 15) is 14.9 Å². The Kier molecular flexibility index (Phi) is 7.73. The van der Waals surface area contributed by atoms with Crippen molar-refractivity contribution in [1.82, 2.24) is 4.57 Å². The van der Waals surface area contributed by atoms with E-state index in [1.165, 1.54) is 4.57 Å². The predicted octanol–water partition coefficient (Wildman–Crippen LogP) is 6.26. The molecule has 1 N–H and O–H groups in total. The minimum atomic E-state index is -0.673. The molecule has 1 amide bonds. The molecule has 0 aliphatic rings. The van der Waals surface area contributed by atoms with E-state index in [2.05, 4.69) is 5.32 Å². The van der Waals surface area contributed by atoms with E-state index in [1.54, 1.807) is 91.0 Å². The van der Waals surface area contributed by atoms with Crippen LogP contribution in [0.25, 0.3) is 28.7 Å². The van der Waals surface area contributed by atoms with Crippen molar-refractivity contribution in [3.63, 3.8) is 0 Å². The molecule has 2 aromatic heterocycles. The molecule has 192 valence electrons. The second-order valence-electron chi connectivity index (χ2n) is 8.15. The number of nitrogens with zero attached hydrogens (tertiary/aromatic N) is 2. The zero-order valence-electron chi connectivity index (χ0n) is 19.8. The highest BCUT2D eigenvalue weighted by Crippen LogP contribution is 2.34. The third kappa shape index (κ3) is 5.56. The third-order valence-corrected chi connectivity index (χ3v) is 7.74. The number of anilines is 1. The van der Waals surface area contributed by atoms with Crippen LogP contribution in [0.4, 0.5) is 5.69 Å². The van der Waals surface area contributed by atoms with E-state index < -0.39 is 11.5 Å². The van der Waals surface area contributed by atoms with Crippen molar-refractivity contribution < 1.29 is 9.21 Å². The van der Waals surface area contributed by atoms with Crippen molar-refractivity contribution >= 4 is 69.4 Å². The van der Waals surface area contributed by atoms with E-state index in [4.69, 9.17) is 39.2 Å². The molecule has 3 aromatic carbocycles. The van der Waals surface area contributed by atoms with Crippen molar-refractivity contribution in [1.29, 1.82) is 5.26 Å². The Labute approximate surface area is 241 Å². The van der Waals surface area contributed by atoms with Gasteiger partial charge in [-0.25, -0.2) is 0 Å². The van der Waals surface area contributed by atoms with Crippen LogP contribution in [0.15, 0.2) is 94.1 Å². The predicted molar refractivity (Wildman–Crippen MR) is 156 cm³/mol. The number of amides is 1. The molecular formula is C29H16Cl3N3O3S. The number of aromatic nitrogens is 1. The number of nitriles is 1. The van der Waals surface area contributed by atoms with Gasteiger partial charge in [-0.3, -0.25) is 14.2 Å². The Morgan fingerprint density at radius 1 is 0.974 bits per heavy atom. The van der Waals surface area contributed by atoms with Gasteiger partial charge < -0.3 is 9.73 Å². The maximum absolute atomic E-state index is 13.6. The minimum Gasteiger partial charge on any atom is -0.457 e. The average Bonchev–Trinajstić information content (AvgIpc) is 3.51. The number of furan rings is 1. The lowest BCUT2D eigenvalue weighted by Gasteiger charge is -2.06. The van der Waals surface area contributed by atoms with Crippen molar-refractivity contribution in [2.24, 2.45) is 0 Å². The topological polar surface area (TPSA) is 88.0 Å². The number of carbonyl (C=O) groups excluding carboxylic acids is 1. The van der Waals surface area contributed by atoms with Gasteiger partial charge in [-0.2, -0.15) is 5.26 Å². The lowest BCUT2D eigenvalue weighted by atomic mass is 10.2. The van der Waals surface area contributed by atoms with Gasteiger partial charge in [0.15, 0.2) is 5.57 Å². The van der Waals surface area contributed by atoms with Gasteiger partial charge in [-0.05, 0) is 54.6 Å². The van der Waals surface area contributed by atoms with Gasteiger partial charge in [0.1, 0.15) is 22.3 Å². The zero-order chi connectivity index (χ0) is 27.5. The van der Waals surface area contributed by atoms with Crippen LogP contribution in [0.2, 0.25) is 15.1 Å². The van der Waals surface area contributed by atoms with E-state index in [-0.39, 0.29) is 14.8 Å². The largest absolute Gasteiger partial charge is 0.457 e. The molecule has 0 aliphatic carbocycles. The summed E-state index contributed by atoms with van der Waals surface area (Å²) < 4.78 is 7.71. The Morgan fingerprint density at radius 3 is 2.49 bits per heavy atom. The maximum Gasteiger partial charge on any atom is 0.273 e. The maximum atomic E-state index is 13.6.